The lowest BCUT2D eigenvalue weighted by atomic mass is 9.86. The smallest absolute Gasteiger partial charge is 0.233 e. The van der Waals surface area contributed by atoms with Crippen molar-refractivity contribution in [2.24, 2.45) is 5.92 Å². The van der Waals surface area contributed by atoms with Crippen molar-refractivity contribution >= 4 is 28.6 Å². The summed E-state index contributed by atoms with van der Waals surface area (Å²) in [5.41, 5.74) is 0.978. The number of carbonyl (C=O) groups is 1. The highest BCUT2D eigenvalue weighted by Gasteiger charge is 2.25. The highest BCUT2D eigenvalue weighted by atomic mass is 32.2. The number of aromatic nitrogens is 1. The van der Waals surface area contributed by atoms with Crippen LogP contribution < -0.4 is 5.32 Å². The number of fused-ring (bicyclic) bond motifs is 1. The fourth-order valence-corrected chi connectivity index (χ4v) is 4.01. The van der Waals surface area contributed by atoms with Gasteiger partial charge in [-0.05, 0) is 37.8 Å². The fraction of sp³-hybridized carbons (Fsp3) is 0.474. The van der Waals surface area contributed by atoms with Crippen LogP contribution in [0.25, 0.3) is 10.9 Å². The molecule has 3 nitrogen and oxygen atoms in total. The van der Waals surface area contributed by atoms with Crippen LogP contribution in [0.3, 0.4) is 0 Å². The predicted octanol–water partition coefficient (Wildman–Crippen LogP) is 4.41. The third-order valence-corrected chi connectivity index (χ3v) is 5.72. The summed E-state index contributed by atoms with van der Waals surface area (Å²) in [4.78, 5) is 17.1. The Morgan fingerprint density at radius 2 is 2.00 bits per heavy atom. The van der Waals surface area contributed by atoms with E-state index in [0.717, 1.165) is 22.3 Å². The van der Waals surface area contributed by atoms with E-state index in [1.807, 2.05) is 31.2 Å². The van der Waals surface area contributed by atoms with Gasteiger partial charge < -0.3 is 5.32 Å². The Labute approximate surface area is 142 Å². The third kappa shape index (κ3) is 4.05. The lowest BCUT2D eigenvalue weighted by Crippen LogP contribution is -2.44. The zero-order valence-electron chi connectivity index (χ0n) is 13.8. The first-order valence-corrected chi connectivity index (χ1v) is 9.34. The van der Waals surface area contributed by atoms with E-state index in [2.05, 4.69) is 29.4 Å². The molecule has 2 aromatic rings. The predicted molar refractivity (Wildman–Crippen MR) is 96.6 cm³/mol. The van der Waals surface area contributed by atoms with Gasteiger partial charge in [-0.3, -0.25) is 4.79 Å². The molecule has 0 saturated heterocycles. The normalized spacial score (nSPS) is 22.7. The van der Waals surface area contributed by atoms with Gasteiger partial charge in [-0.25, -0.2) is 4.98 Å². The molecule has 1 saturated carbocycles. The Hall–Kier alpha value is -1.55. The number of benzene rings is 1. The van der Waals surface area contributed by atoms with E-state index >= 15 is 0 Å². The van der Waals surface area contributed by atoms with Crippen LogP contribution in [0.4, 0.5) is 0 Å². The van der Waals surface area contributed by atoms with Crippen molar-refractivity contribution in [2.45, 2.75) is 55.8 Å². The SMILES string of the molecule is C[C@@H](Sc1ccc2ccccc2n1)C(=O)N[C@@H]1CCCC[C@@H]1C. The molecular weight excluding hydrogens is 304 g/mol. The zero-order valence-corrected chi connectivity index (χ0v) is 14.6. The van der Waals surface area contributed by atoms with Crippen LogP contribution in [0.5, 0.6) is 0 Å². The van der Waals surface area contributed by atoms with Crippen molar-refractivity contribution in [3.8, 4) is 0 Å². The minimum atomic E-state index is -0.127. The number of rotatable bonds is 4. The van der Waals surface area contributed by atoms with Crippen LogP contribution in [-0.2, 0) is 4.79 Å². The average molecular weight is 328 g/mol. The van der Waals surface area contributed by atoms with Crippen molar-refractivity contribution in [2.75, 3.05) is 0 Å². The van der Waals surface area contributed by atoms with Crippen molar-refractivity contribution in [3.05, 3.63) is 36.4 Å². The van der Waals surface area contributed by atoms with Crippen LogP contribution in [0.1, 0.15) is 39.5 Å². The lowest BCUT2D eigenvalue weighted by molar-refractivity contribution is -0.121. The highest BCUT2D eigenvalue weighted by Crippen LogP contribution is 2.26. The third-order valence-electron chi connectivity index (χ3n) is 4.68. The maximum absolute atomic E-state index is 12.5. The summed E-state index contributed by atoms with van der Waals surface area (Å²) in [5.74, 6) is 0.715. The van der Waals surface area contributed by atoms with Gasteiger partial charge in [0.1, 0.15) is 0 Å². The number of nitrogens with zero attached hydrogens (tertiary/aromatic N) is 1. The second kappa shape index (κ2) is 7.35. The quantitative estimate of drug-likeness (QED) is 0.845. The molecule has 1 aromatic heterocycles. The maximum atomic E-state index is 12.5. The molecule has 1 fully saturated rings. The van der Waals surface area contributed by atoms with Gasteiger partial charge in [0.05, 0.1) is 15.8 Å². The van der Waals surface area contributed by atoms with Gasteiger partial charge in [-0.2, -0.15) is 0 Å². The largest absolute Gasteiger partial charge is 0.352 e. The van der Waals surface area contributed by atoms with Crippen LogP contribution >= 0.6 is 11.8 Å². The summed E-state index contributed by atoms with van der Waals surface area (Å²) in [5, 5.41) is 5.15. The van der Waals surface area contributed by atoms with Crippen LogP contribution in [0, 0.1) is 5.92 Å². The molecule has 3 atom stereocenters. The van der Waals surface area contributed by atoms with Crippen molar-refractivity contribution in [3.63, 3.8) is 0 Å². The minimum absolute atomic E-state index is 0.127. The molecule has 4 heteroatoms. The first-order chi connectivity index (χ1) is 11.1. The van der Waals surface area contributed by atoms with Crippen LogP contribution in [0.2, 0.25) is 0 Å². The Kier molecular flexibility index (Phi) is 5.21. The molecule has 0 radical (unpaired) electrons. The summed E-state index contributed by atoms with van der Waals surface area (Å²) < 4.78 is 0. The Balaban J connectivity index is 1.62. The van der Waals surface area contributed by atoms with E-state index in [1.54, 1.807) is 0 Å². The maximum Gasteiger partial charge on any atom is 0.233 e. The first-order valence-electron chi connectivity index (χ1n) is 8.46. The van der Waals surface area contributed by atoms with Gasteiger partial charge in [-0.1, -0.05) is 55.8 Å². The van der Waals surface area contributed by atoms with Crippen molar-refractivity contribution in [1.29, 1.82) is 0 Å². The second-order valence-corrected chi connectivity index (χ2v) is 7.84. The molecule has 122 valence electrons. The van der Waals surface area contributed by atoms with Gasteiger partial charge in [0.25, 0.3) is 0 Å². The molecule has 23 heavy (non-hydrogen) atoms. The Bertz CT molecular complexity index is 688. The number of thioether (sulfide) groups is 1. The van der Waals surface area contributed by atoms with E-state index in [1.165, 1.54) is 31.0 Å². The molecule has 0 unspecified atom stereocenters. The molecule has 1 aliphatic rings. The molecule has 1 aromatic carbocycles. The molecule has 1 aliphatic carbocycles. The van der Waals surface area contributed by atoms with Crippen LogP contribution in [0.15, 0.2) is 41.4 Å². The molecule has 1 heterocycles. The number of pyridine rings is 1. The summed E-state index contributed by atoms with van der Waals surface area (Å²) in [6, 6.07) is 12.5. The van der Waals surface area contributed by atoms with E-state index in [-0.39, 0.29) is 11.2 Å². The van der Waals surface area contributed by atoms with Crippen LogP contribution in [-0.4, -0.2) is 22.2 Å². The molecule has 1 N–H and O–H groups in total. The molecular formula is C19H24N2OS. The number of nitrogens with one attached hydrogen (secondary N) is 1. The summed E-state index contributed by atoms with van der Waals surface area (Å²) >= 11 is 1.53. The topological polar surface area (TPSA) is 42.0 Å². The van der Waals surface area contributed by atoms with Gasteiger partial charge in [0.2, 0.25) is 5.91 Å². The number of hydrogen-bond donors (Lipinski definition) is 1. The Morgan fingerprint density at radius 3 is 2.83 bits per heavy atom. The molecule has 3 rings (SSSR count). The monoisotopic (exact) mass is 328 g/mol. The minimum Gasteiger partial charge on any atom is -0.352 e. The van der Waals surface area contributed by atoms with E-state index in [4.69, 9.17) is 0 Å². The van der Waals surface area contributed by atoms with Gasteiger partial charge in [0, 0.05) is 11.4 Å². The fourth-order valence-electron chi connectivity index (χ4n) is 3.18. The number of para-hydroxylation sites is 1. The summed E-state index contributed by atoms with van der Waals surface area (Å²) in [7, 11) is 0. The van der Waals surface area contributed by atoms with Gasteiger partial charge >= 0.3 is 0 Å². The molecule has 0 spiro atoms. The first kappa shape index (κ1) is 16.3. The highest BCUT2D eigenvalue weighted by molar-refractivity contribution is 8.00. The zero-order chi connectivity index (χ0) is 16.2. The number of amides is 1. The van der Waals surface area contributed by atoms with Gasteiger partial charge in [-0.15, -0.1) is 0 Å². The van der Waals surface area contributed by atoms with E-state index < -0.39 is 0 Å². The number of carbonyl (C=O) groups excluding carboxylic acids is 1. The van der Waals surface area contributed by atoms with E-state index in [0.29, 0.717) is 12.0 Å². The second-order valence-electron chi connectivity index (χ2n) is 6.48. The van der Waals surface area contributed by atoms with Crippen molar-refractivity contribution in [1.82, 2.24) is 10.3 Å². The standard InChI is InChI=1S/C19H24N2OS/c1-13-7-3-5-9-16(13)21-19(22)14(2)23-18-12-11-15-8-4-6-10-17(15)20-18/h4,6,8,10-14,16H,3,5,7,9H2,1-2H3,(H,21,22)/t13-,14+,16+/m0/s1. The molecule has 1 amide bonds. The van der Waals surface area contributed by atoms with Gasteiger partial charge in [0.15, 0.2) is 0 Å². The lowest BCUT2D eigenvalue weighted by Gasteiger charge is -2.30. The number of hydrogen-bond acceptors (Lipinski definition) is 3. The molecule has 0 bridgehead atoms. The molecule has 0 aliphatic heterocycles. The summed E-state index contributed by atoms with van der Waals surface area (Å²) in [6.45, 7) is 4.21. The van der Waals surface area contributed by atoms with E-state index in [9.17, 15) is 4.79 Å². The summed E-state index contributed by atoms with van der Waals surface area (Å²) in [6.07, 6.45) is 4.85. The average Bonchev–Trinajstić information content (AvgIpc) is 2.56. The Morgan fingerprint density at radius 1 is 1.22 bits per heavy atom. The van der Waals surface area contributed by atoms with Crippen molar-refractivity contribution < 1.29 is 4.79 Å².